The van der Waals surface area contributed by atoms with Gasteiger partial charge in [0, 0.05) is 24.6 Å². The zero-order chi connectivity index (χ0) is 27.8. The lowest BCUT2D eigenvalue weighted by Gasteiger charge is -2.29. The van der Waals surface area contributed by atoms with Gasteiger partial charge in [-0.05, 0) is 68.4 Å². The van der Waals surface area contributed by atoms with Crippen LogP contribution >= 0.6 is 0 Å². The van der Waals surface area contributed by atoms with Gasteiger partial charge in [-0.15, -0.1) is 0 Å². The Labute approximate surface area is 226 Å². The number of phenolic OH excluding ortho intramolecular Hbond substituents is 1. The molecule has 0 unspecified atom stereocenters. The normalized spacial score (nSPS) is 16.9. The van der Waals surface area contributed by atoms with Gasteiger partial charge in [-0.25, -0.2) is 13.8 Å². The second kappa shape index (κ2) is 13.2. The van der Waals surface area contributed by atoms with Crippen LogP contribution in [-0.2, 0) is 0 Å². The number of aromatic nitrogens is 1. The van der Waals surface area contributed by atoms with Crippen molar-refractivity contribution in [2.24, 2.45) is 5.92 Å². The number of nitrogens with one attached hydrogen (secondary N) is 1. The lowest BCUT2D eigenvalue weighted by molar-refractivity contribution is 0.0918. The van der Waals surface area contributed by atoms with E-state index in [-0.39, 0.29) is 52.7 Å². The molecule has 0 bridgehead atoms. The van der Waals surface area contributed by atoms with Gasteiger partial charge in [-0.1, -0.05) is 18.9 Å². The van der Waals surface area contributed by atoms with E-state index in [1.165, 1.54) is 37.4 Å². The highest BCUT2D eigenvalue weighted by atomic mass is 19.1. The molecule has 1 aliphatic carbocycles. The fraction of sp³-hybridized carbons (Fsp3) is 0.367. The summed E-state index contributed by atoms with van der Waals surface area (Å²) in [6.45, 7) is 0. The number of rotatable bonds is 11. The molecule has 2 aromatic carbocycles. The number of ether oxygens (including phenoxy) is 2. The third kappa shape index (κ3) is 7.75. The summed E-state index contributed by atoms with van der Waals surface area (Å²) in [5.74, 6) is -0.706. The quantitative estimate of drug-likeness (QED) is 0.211. The number of phenols is 1. The first-order valence-corrected chi connectivity index (χ1v) is 13.1. The molecule has 39 heavy (non-hydrogen) atoms. The minimum atomic E-state index is -0.643. The Morgan fingerprint density at radius 1 is 0.974 bits per heavy atom. The molecule has 9 heteroatoms. The summed E-state index contributed by atoms with van der Waals surface area (Å²) in [4.78, 5) is 29.3. The number of Topliss-reactive ketones (excluding diaryl/α,β-unsaturated/α-hetero) is 1. The molecule has 1 saturated carbocycles. The number of nitrogens with zero attached hydrogens (tertiary/aromatic N) is 1. The molecule has 0 spiro atoms. The molecule has 0 atom stereocenters. The van der Waals surface area contributed by atoms with Crippen molar-refractivity contribution in [1.29, 1.82) is 0 Å². The third-order valence-electron chi connectivity index (χ3n) is 7.03. The predicted molar refractivity (Wildman–Crippen MR) is 141 cm³/mol. The second-order valence-corrected chi connectivity index (χ2v) is 9.81. The van der Waals surface area contributed by atoms with Gasteiger partial charge in [0.2, 0.25) is 5.88 Å². The molecule has 2 N–H and O–H groups in total. The van der Waals surface area contributed by atoms with Crippen molar-refractivity contribution in [2.75, 3.05) is 7.11 Å². The van der Waals surface area contributed by atoms with Gasteiger partial charge >= 0.3 is 0 Å². The molecule has 1 fully saturated rings. The molecule has 1 aliphatic rings. The first kappa shape index (κ1) is 28.0. The van der Waals surface area contributed by atoms with Crippen LogP contribution in [0, 0.1) is 17.6 Å². The summed E-state index contributed by atoms with van der Waals surface area (Å²) in [5, 5.41) is 13.1. The monoisotopic (exact) mass is 538 g/mol. The first-order valence-electron chi connectivity index (χ1n) is 13.1. The fourth-order valence-electron chi connectivity index (χ4n) is 4.89. The van der Waals surface area contributed by atoms with Crippen LogP contribution in [0.4, 0.5) is 8.78 Å². The van der Waals surface area contributed by atoms with E-state index < -0.39 is 11.6 Å². The van der Waals surface area contributed by atoms with Crippen LogP contribution in [0.3, 0.4) is 0 Å². The first-order chi connectivity index (χ1) is 18.8. The number of pyridine rings is 1. The number of carbonyl (C=O) groups is 2. The fourth-order valence-corrected chi connectivity index (χ4v) is 4.89. The summed E-state index contributed by atoms with van der Waals surface area (Å²) in [6.07, 6.45) is 7.26. The molecule has 0 radical (unpaired) electrons. The molecule has 7 nitrogen and oxygen atoms in total. The minimum absolute atomic E-state index is 0.0402. The number of amides is 1. The Bertz CT molecular complexity index is 1310. The predicted octanol–water partition coefficient (Wildman–Crippen LogP) is 6.60. The van der Waals surface area contributed by atoms with Crippen LogP contribution in [0.15, 0.2) is 54.7 Å². The molecule has 4 rings (SSSR count). The Kier molecular flexibility index (Phi) is 9.46. The van der Waals surface area contributed by atoms with Crippen LogP contribution in [0.1, 0.15) is 72.1 Å². The highest BCUT2D eigenvalue weighted by molar-refractivity contribution is 5.98. The third-order valence-corrected chi connectivity index (χ3v) is 7.03. The van der Waals surface area contributed by atoms with Gasteiger partial charge in [0.1, 0.15) is 28.9 Å². The van der Waals surface area contributed by atoms with E-state index in [1.807, 2.05) is 0 Å². The highest BCUT2D eigenvalue weighted by Crippen LogP contribution is 2.30. The Morgan fingerprint density at radius 2 is 1.77 bits per heavy atom. The van der Waals surface area contributed by atoms with Gasteiger partial charge in [-0.3, -0.25) is 9.59 Å². The van der Waals surface area contributed by atoms with Crippen LogP contribution in [0.5, 0.6) is 23.1 Å². The number of hydrogen-bond donors (Lipinski definition) is 2. The van der Waals surface area contributed by atoms with Gasteiger partial charge in [0.15, 0.2) is 5.78 Å². The zero-order valence-electron chi connectivity index (χ0n) is 21.8. The zero-order valence-corrected chi connectivity index (χ0v) is 21.8. The maximum Gasteiger partial charge on any atom is 0.255 e. The minimum Gasteiger partial charge on any atom is -0.507 e. The van der Waals surface area contributed by atoms with E-state index in [0.29, 0.717) is 18.1 Å². The van der Waals surface area contributed by atoms with Crippen molar-refractivity contribution in [3.8, 4) is 23.1 Å². The van der Waals surface area contributed by atoms with Crippen molar-refractivity contribution < 1.29 is 33.0 Å². The molecule has 1 amide bonds. The molecular formula is C30H32F2N2O5. The summed E-state index contributed by atoms with van der Waals surface area (Å²) in [5.41, 5.74) is 0.263. The van der Waals surface area contributed by atoms with E-state index in [2.05, 4.69) is 10.3 Å². The van der Waals surface area contributed by atoms with Crippen LogP contribution in [0.2, 0.25) is 0 Å². The van der Waals surface area contributed by atoms with Gasteiger partial charge in [0.05, 0.1) is 24.4 Å². The number of methoxy groups -OCH3 is 1. The van der Waals surface area contributed by atoms with Crippen molar-refractivity contribution in [3.05, 3.63) is 77.5 Å². The van der Waals surface area contributed by atoms with Crippen LogP contribution in [-0.4, -0.2) is 34.9 Å². The van der Waals surface area contributed by atoms with E-state index >= 15 is 0 Å². The summed E-state index contributed by atoms with van der Waals surface area (Å²) in [7, 11) is 1.49. The van der Waals surface area contributed by atoms with Crippen LogP contribution < -0.4 is 14.8 Å². The smallest absolute Gasteiger partial charge is 0.255 e. The van der Waals surface area contributed by atoms with Crippen molar-refractivity contribution in [1.82, 2.24) is 10.3 Å². The molecule has 1 aromatic heterocycles. The van der Waals surface area contributed by atoms with Crippen molar-refractivity contribution >= 4 is 11.7 Å². The van der Waals surface area contributed by atoms with Crippen LogP contribution in [0.25, 0.3) is 0 Å². The number of aromatic hydroxyl groups is 1. The number of unbranched alkanes of at least 4 members (excludes halogenated alkanes) is 1. The Morgan fingerprint density at radius 3 is 2.49 bits per heavy atom. The molecular weight excluding hydrogens is 506 g/mol. The number of hydrogen-bond acceptors (Lipinski definition) is 6. The number of benzene rings is 2. The lowest BCUT2D eigenvalue weighted by atomic mass is 9.83. The second-order valence-electron chi connectivity index (χ2n) is 9.81. The molecule has 0 saturated heterocycles. The SMILES string of the molecule is COc1ccc(C(=O)NC2CCC(CCCCC(=O)c3cc(F)cnc3Oc3cccc(F)c3)CC2)c(O)c1. The summed E-state index contributed by atoms with van der Waals surface area (Å²) >= 11 is 0. The standard InChI is InChI=1S/C30H32F2N2O5/c1-38-23-13-14-25(28(36)17-23)29(37)34-22-11-9-19(10-12-22)5-2-3-8-27(35)26-16-21(32)18-33-30(26)39-24-7-4-6-20(31)15-24/h4,6-7,13-19,22,36H,2-3,5,8-12H2,1H3,(H,34,37). The number of carbonyl (C=O) groups excluding carboxylic acids is 2. The largest absolute Gasteiger partial charge is 0.507 e. The average molecular weight is 539 g/mol. The average Bonchev–Trinajstić information content (AvgIpc) is 2.92. The summed E-state index contributed by atoms with van der Waals surface area (Å²) < 4.78 is 37.9. The van der Waals surface area contributed by atoms with Crippen molar-refractivity contribution in [3.63, 3.8) is 0 Å². The Balaban J connectivity index is 1.20. The maximum absolute atomic E-state index is 13.8. The van der Waals surface area contributed by atoms with Gasteiger partial charge < -0.3 is 19.9 Å². The number of halogens is 2. The van der Waals surface area contributed by atoms with Gasteiger partial charge in [0.25, 0.3) is 5.91 Å². The summed E-state index contributed by atoms with van der Waals surface area (Å²) in [6, 6.07) is 11.2. The van der Waals surface area contributed by atoms with E-state index in [9.17, 15) is 23.5 Å². The lowest BCUT2D eigenvalue weighted by Crippen LogP contribution is -2.37. The molecule has 0 aliphatic heterocycles. The molecule has 1 heterocycles. The molecule has 206 valence electrons. The maximum atomic E-state index is 13.8. The van der Waals surface area contributed by atoms with Crippen molar-refractivity contribution in [2.45, 2.75) is 57.4 Å². The topological polar surface area (TPSA) is 97.8 Å². The van der Waals surface area contributed by atoms with Gasteiger partial charge in [-0.2, -0.15) is 0 Å². The van der Waals surface area contributed by atoms with E-state index in [1.54, 1.807) is 12.1 Å². The molecule has 3 aromatic rings. The Hall–Kier alpha value is -4.01. The number of ketones is 1. The highest BCUT2D eigenvalue weighted by Gasteiger charge is 2.24. The van der Waals surface area contributed by atoms with E-state index in [0.717, 1.165) is 50.8 Å². The van der Waals surface area contributed by atoms with E-state index in [4.69, 9.17) is 9.47 Å².